The Kier molecular flexibility index (Phi) is 6.71. The highest BCUT2D eigenvalue weighted by Gasteiger charge is 2.31. The molecule has 0 spiro atoms. The van der Waals surface area contributed by atoms with Gasteiger partial charge < -0.3 is 15.0 Å². The number of aromatic nitrogens is 2. The van der Waals surface area contributed by atoms with E-state index >= 15 is 0 Å². The van der Waals surface area contributed by atoms with Crippen LogP contribution in [0.15, 0.2) is 41.6 Å². The van der Waals surface area contributed by atoms with Crippen LogP contribution in [0.2, 0.25) is 5.15 Å². The smallest absolute Gasteiger partial charge is 0.260 e. The molecule has 2 fully saturated rings. The van der Waals surface area contributed by atoms with E-state index in [4.69, 9.17) is 16.3 Å². The van der Waals surface area contributed by atoms with Gasteiger partial charge in [-0.25, -0.2) is 18.4 Å². The summed E-state index contributed by atoms with van der Waals surface area (Å²) in [7, 11) is -3.74. The second-order valence-electron chi connectivity index (χ2n) is 7.41. The molecule has 0 aromatic carbocycles. The molecule has 0 bridgehead atoms. The Morgan fingerprint density at radius 3 is 2.71 bits per heavy atom. The van der Waals surface area contributed by atoms with E-state index in [1.54, 1.807) is 24.4 Å². The van der Waals surface area contributed by atoms with Gasteiger partial charge in [0.15, 0.2) is 5.03 Å². The van der Waals surface area contributed by atoms with Crippen molar-refractivity contribution in [2.45, 2.75) is 24.0 Å². The molecule has 9 nitrogen and oxygen atoms in total. The number of hydrogen-bond acceptors (Lipinski definition) is 7. The quantitative estimate of drug-likeness (QED) is 0.645. The predicted octanol–water partition coefficient (Wildman–Crippen LogP) is 1.55. The number of piperazine rings is 1. The van der Waals surface area contributed by atoms with Gasteiger partial charge in [-0.05, 0) is 37.1 Å². The molecule has 1 atom stereocenters. The first kappa shape index (κ1) is 21.9. The van der Waals surface area contributed by atoms with Gasteiger partial charge in [-0.3, -0.25) is 4.79 Å². The van der Waals surface area contributed by atoms with Crippen LogP contribution in [0.3, 0.4) is 0 Å². The molecule has 11 heteroatoms. The summed E-state index contributed by atoms with van der Waals surface area (Å²) < 4.78 is 32.7. The van der Waals surface area contributed by atoms with Crippen molar-refractivity contribution in [3.8, 4) is 0 Å². The molecule has 31 heavy (non-hydrogen) atoms. The largest absolute Gasteiger partial charge is 0.376 e. The van der Waals surface area contributed by atoms with Crippen LogP contribution in [0.1, 0.15) is 23.2 Å². The zero-order valence-corrected chi connectivity index (χ0v) is 18.5. The van der Waals surface area contributed by atoms with E-state index in [9.17, 15) is 13.2 Å². The topological polar surface area (TPSA) is 105 Å². The van der Waals surface area contributed by atoms with Gasteiger partial charge in [0.25, 0.3) is 15.9 Å². The van der Waals surface area contributed by atoms with Gasteiger partial charge in [0.05, 0.1) is 11.7 Å². The molecule has 2 saturated heterocycles. The summed E-state index contributed by atoms with van der Waals surface area (Å²) in [5, 5.41) is 2.98. The summed E-state index contributed by atoms with van der Waals surface area (Å²) in [5.41, 5.74) is 0.466. The standard InChI is InChI=1S/C20H24ClN5O4S/c21-17-6-1-7-18(24-17)31(28,29)26-11-9-25(10-12-26)19-16(5-2-8-22-19)20(27)23-14-15-4-3-13-30-15/h1-2,5-8,15H,3-4,9-14H2,(H,23,27)/t15-/m0/s1. The minimum absolute atomic E-state index is 0.0536. The van der Waals surface area contributed by atoms with Gasteiger partial charge in [0.1, 0.15) is 11.0 Å². The van der Waals surface area contributed by atoms with Crippen molar-refractivity contribution in [3.63, 3.8) is 0 Å². The second kappa shape index (κ2) is 9.47. The monoisotopic (exact) mass is 465 g/mol. The molecule has 0 radical (unpaired) electrons. The zero-order chi connectivity index (χ0) is 21.8. The molecular weight excluding hydrogens is 442 g/mol. The number of carbonyl (C=O) groups is 1. The number of ether oxygens (including phenoxy) is 1. The Bertz CT molecular complexity index is 1040. The Labute approximate surface area is 186 Å². The molecular formula is C20H24ClN5O4S. The Morgan fingerprint density at radius 1 is 1.19 bits per heavy atom. The Hall–Kier alpha value is -2.27. The van der Waals surface area contributed by atoms with Crippen LogP contribution in [0.4, 0.5) is 5.82 Å². The zero-order valence-electron chi connectivity index (χ0n) is 16.9. The number of nitrogens with zero attached hydrogens (tertiary/aromatic N) is 4. The number of anilines is 1. The summed E-state index contributed by atoms with van der Waals surface area (Å²) in [5.74, 6) is 0.335. The summed E-state index contributed by atoms with van der Waals surface area (Å²) in [6.07, 6.45) is 3.64. The number of carbonyl (C=O) groups excluding carboxylic acids is 1. The number of pyridine rings is 2. The van der Waals surface area contributed by atoms with Gasteiger partial charge >= 0.3 is 0 Å². The Balaban J connectivity index is 1.42. The summed E-state index contributed by atoms with van der Waals surface area (Å²) >= 11 is 5.85. The van der Waals surface area contributed by atoms with Crippen molar-refractivity contribution in [2.24, 2.45) is 0 Å². The molecule has 2 aromatic heterocycles. The molecule has 166 valence electrons. The molecule has 0 aliphatic carbocycles. The molecule has 0 unspecified atom stereocenters. The molecule has 2 aromatic rings. The number of sulfonamides is 1. The van der Waals surface area contributed by atoms with E-state index in [2.05, 4.69) is 15.3 Å². The first-order valence-electron chi connectivity index (χ1n) is 10.2. The van der Waals surface area contributed by atoms with Crippen LogP contribution in [0.5, 0.6) is 0 Å². The van der Waals surface area contributed by atoms with Gasteiger partial charge in [0.2, 0.25) is 0 Å². The van der Waals surface area contributed by atoms with Gasteiger partial charge in [-0.15, -0.1) is 0 Å². The fourth-order valence-corrected chi connectivity index (χ4v) is 5.33. The fraction of sp³-hybridized carbons (Fsp3) is 0.450. The normalized spacial score (nSPS) is 20.0. The predicted molar refractivity (Wildman–Crippen MR) is 116 cm³/mol. The highest BCUT2D eigenvalue weighted by Crippen LogP contribution is 2.22. The van der Waals surface area contributed by atoms with Crippen molar-refractivity contribution in [2.75, 3.05) is 44.2 Å². The van der Waals surface area contributed by atoms with Crippen molar-refractivity contribution >= 4 is 33.3 Å². The molecule has 1 N–H and O–H groups in total. The maximum atomic E-state index is 12.9. The van der Waals surface area contributed by atoms with E-state index in [-0.39, 0.29) is 35.3 Å². The first-order valence-corrected chi connectivity index (χ1v) is 12.0. The highest BCUT2D eigenvalue weighted by atomic mass is 35.5. The molecule has 4 heterocycles. The van der Waals surface area contributed by atoms with E-state index in [1.165, 1.54) is 16.4 Å². The first-order chi connectivity index (χ1) is 14.9. The lowest BCUT2D eigenvalue weighted by molar-refractivity contribution is 0.0858. The van der Waals surface area contributed by atoms with E-state index in [0.717, 1.165) is 19.4 Å². The minimum atomic E-state index is -3.74. The maximum Gasteiger partial charge on any atom is 0.260 e. The van der Waals surface area contributed by atoms with Crippen molar-refractivity contribution in [1.82, 2.24) is 19.6 Å². The lowest BCUT2D eigenvalue weighted by Gasteiger charge is -2.35. The van der Waals surface area contributed by atoms with Crippen LogP contribution < -0.4 is 10.2 Å². The van der Waals surface area contributed by atoms with Crippen LogP contribution in [-0.4, -0.2) is 74.0 Å². The van der Waals surface area contributed by atoms with Crippen molar-refractivity contribution in [1.29, 1.82) is 0 Å². The van der Waals surface area contributed by atoms with Gasteiger partial charge in [-0.1, -0.05) is 17.7 Å². The number of rotatable bonds is 6. The Morgan fingerprint density at radius 2 is 2.00 bits per heavy atom. The lowest BCUT2D eigenvalue weighted by Crippen LogP contribution is -2.49. The van der Waals surface area contributed by atoms with Crippen LogP contribution in [-0.2, 0) is 14.8 Å². The SMILES string of the molecule is O=C(NC[C@@H]1CCCO1)c1cccnc1N1CCN(S(=O)(=O)c2cccc(Cl)n2)CC1. The van der Waals surface area contributed by atoms with Crippen LogP contribution in [0.25, 0.3) is 0 Å². The molecule has 4 rings (SSSR count). The second-order valence-corrected chi connectivity index (χ2v) is 9.68. The van der Waals surface area contributed by atoms with Gasteiger partial charge in [-0.2, -0.15) is 4.31 Å². The number of halogens is 1. The third kappa shape index (κ3) is 4.98. The van der Waals surface area contributed by atoms with E-state index in [0.29, 0.717) is 31.0 Å². The van der Waals surface area contributed by atoms with Crippen LogP contribution >= 0.6 is 11.6 Å². The van der Waals surface area contributed by atoms with Crippen molar-refractivity contribution in [3.05, 3.63) is 47.2 Å². The fourth-order valence-electron chi connectivity index (χ4n) is 3.74. The number of hydrogen-bond donors (Lipinski definition) is 1. The molecule has 2 aliphatic heterocycles. The molecule has 2 aliphatic rings. The number of amides is 1. The van der Waals surface area contributed by atoms with Crippen molar-refractivity contribution < 1.29 is 17.9 Å². The third-order valence-corrected chi connectivity index (χ3v) is 7.39. The highest BCUT2D eigenvalue weighted by molar-refractivity contribution is 7.89. The van der Waals surface area contributed by atoms with Crippen LogP contribution in [0, 0.1) is 0 Å². The van der Waals surface area contributed by atoms with E-state index in [1.807, 2.05) is 4.90 Å². The van der Waals surface area contributed by atoms with E-state index < -0.39 is 10.0 Å². The molecule has 0 saturated carbocycles. The van der Waals surface area contributed by atoms with Gasteiger partial charge in [0, 0.05) is 45.5 Å². The third-order valence-electron chi connectivity index (χ3n) is 5.38. The average Bonchev–Trinajstić information content (AvgIpc) is 3.31. The lowest BCUT2D eigenvalue weighted by atomic mass is 10.2. The number of nitrogens with one attached hydrogen (secondary N) is 1. The molecule has 1 amide bonds. The summed E-state index contributed by atoms with van der Waals surface area (Å²) in [6.45, 7) is 2.52. The maximum absolute atomic E-state index is 12.9. The minimum Gasteiger partial charge on any atom is -0.376 e. The summed E-state index contributed by atoms with van der Waals surface area (Å²) in [4.78, 5) is 23.0. The average molecular weight is 466 g/mol. The summed E-state index contributed by atoms with van der Waals surface area (Å²) in [6, 6.07) is 7.98.